The van der Waals surface area contributed by atoms with Crippen LogP contribution in [0, 0.1) is 0 Å². The average Bonchev–Trinajstić information content (AvgIpc) is 2.48. The highest BCUT2D eigenvalue weighted by atomic mass is 15.2. The number of allylic oxidation sites excluding steroid dienone is 2. The van der Waals surface area contributed by atoms with Gasteiger partial charge in [0.25, 0.3) is 0 Å². The molecule has 1 N–H and O–H groups in total. The minimum Gasteiger partial charge on any atom is -0.376 e. The van der Waals surface area contributed by atoms with Gasteiger partial charge in [-0.05, 0) is 57.9 Å². The van der Waals surface area contributed by atoms with Crippen molar-refractivity contribution in [2.45, 2.75) is 46.2 Å². The van der Waals surface area contributed by atoms with E-state index in [4.69, 9.17) is 0 Å². The molecular weight excluding hydrogens is 232 g/mol. The summed E-state index contributed by atoms with van der Waals surface area (Å²) in [4.78, 5) is 2.38. The maximum atomic E-state index is 3.64. The van der Waals surface area contributed by atoms with Gasteiger partial charge in [-0.15, -0.1) is 0 Å². The van der Waals surface area contributed by atoms with Crippen LogP contribution in [0.5, 0.6) is 0 Å². The van der Waals surface area contributed by atoms with Crippen molar-refractivity contribution in [1.29, 1.82) is 0 Å². The SMILES string of the molecule is CC1=CN(C(C)C)c2cccc3c2C(=C1)C(C)(C)N3. The van der Waals surface area contributed by atoms with Crippen molar-refractivity contribution >= 4 is 16.9 Å². The Labute approximate surface area is 115 Å². The van der Waals surface area contributed by atoms with Crippen LogP contribution < -0.4 is 10.2 Å². The number of nitrogens with zero attached hydrogens (tertiary/aromatic N) is 1. The van der Waals surface area contributed by atoms with E-state index in [2.05, 4.69) is 75.3 Å². The van der Waals surface area contributed by atoms with Crippen LogP contribution in [0.2, 0.25) is 0 Å². The molecule has 2 aliphatic rings. The fourth-order valence-electron chi connectivity index (χ4n) is 3.09. The van der Waals surface area contributed by atoms with Crippen LogP contribution >= 0.6 is 0 Å². The molecule has 1 aromatic rings. The van der Waals surface area contributed by atoms with Gasteiger partial charge in [-0.3, -0.25) is 0 Å². The second-order valence-electron chi connectivity index (χ2n) is 6.38. The molecule has 0 aromatic heterocycles. The second kappa shape index (κ2) is 3.89. The Balaban J connectivity index is 2.30. The van der Waals surface area contributed by atoms with Crippen molar-refractivity contribution in [2.24, 2.45) is 0 Å². The van der Waals surface area contributed by atoms with Crippen LogP contribution in [0.25, 0.3) is 5.57 Å². The molecule has 0 saturated carbocycles. The van der Waals surface area contributed by atoms with Crippen molar-refractivity contribution < 1.29 is 0 Å². The fraction of sp³-hybridized carbons (Fsp3) is 0.412. The van der Waals surface area contributed by atoms with Gasteiger partial charge in [-0.25, -0.2) is 0 Å². The van der Waals surface area contributed by atoms with E-state index in [0.29, 0.717) is 6.04 Å². The summed E-state index contributed by atoms with van der Waals surface area (Å²) >= 11 is 0. The molecule has 2 aliphatic heterocycles. The summed E-state index contributed by atoms with van der Waals surface area (Å²) in [6.07, 6.45) is 4.59. The molecule has 0 fully saturated rings. The molecule has 2 heterocycles. The summed E-state index contributed by atoms with van der Waals surface area (Å²) in [7, 11) is 0. The third-order valence-corrected chi connectivity index (χ3v) is 3.98. The van der Waals surface area contributed by atoms with E-state index >= 15 is 0 Å². The first kappa shape index (κ1) is 12.3. The Hall–Kier alpha value is -1.70. The highest BCUT2D eigenvalue weighted by Gasteiger charge is 2.36. The van der Waals surface area contributed by atoms with Crippen LogP contribution in [-0.2, 0) is 0 Å². The molecule has 0 aliphatic carbocycles. The van der Waals surface area contributed by atoms with Crippen LogP contribution in [0.3, 0.4) is 0 Å². The molecule has 0 saturated heterocycles. The van der Waals surface area contributed by atoms with Crippen molar-refractivity contribution in [3.05, 3.63) is 41.6 Å². The minimum absolute atomic E-state index is 0.000522. The Morgan fingerprint density at radius 2 is 1.95 bits per heavy atom. The molecular formula is C17H22N2. The molecule has 0 atom stereocenters. The summed E-state index contributed by atoms with van der Waals surface area (Å²) in [5.74, 6) is 0. The molecule has 0 unspecified atom stereocenters. The smallest absolute Gasteiger partial charge is 0.0576 e. The van der Waals surface area contributed by atoms with Gasteiger partial charge in [0, 0.05) is 23.5 Å². The molecule has 100 valence electrons. The third-order valence-electron chi connectivity index (χ3n) is 3.98. The van der Waals surface area contributed by atoms with Gasteiger partial charge in [-0.1, -0.05) is 12.1 Å². The van der Waals surface area contributed by atoms with Crippen molar-refractivity contribution in [2.75, 3.05) is 10.2 Å². The molecule has 0 spiro atoms. The summed E-state index contributed by atoms with van der Waals surface area (Å²) in [5.41, 5.74) is 6.64. The first-order chi connectivity index (χ1) is 8.90. The lowest BCUT2D eigenvalue weighted by molar-refractivity contribution is 0.754. The highest BCUT2D eigenvalue weighted by molar-refractivity contribution is 5.97. The van der Waals surface area contributed by atoms with E-state index in [9.17, 15) is 0 Å². The molecule has 2 nitrogen and oxygen atoms in total. The third kappa shape index (κ3) is 1.78. The predicted molar refractivity (Wildman–Crippen MR) is 83.5 cm³/mol. The molecule has 1 aromatic carbocycles. The Morgan fingerprint density at radius 3 is 2.63 bits per heavy atom. The number of hydrogen-bond acceptors (Lipinski definition) is 2. The molecule has 3 rings (SSSR count). The van der Waals surface area contributed by atoms with Gasteiger partial charge in [0.2, 0.25) is 0 Å². The minimum atomic E-state index is 0.000522. The van der Waals surface area contributed by atoms with E-state index in [0.717, 1.165) is 0 Å². The van der Waals surface area contributed by atoms with E-state index in [1.807, 2.05) is 0 Å². The zero-order chi connectivity index (χ0) is 13.8. The van der Waals surface area contributed by atoms with E-state index in [-0.39, 0.29) is 5.54 Å². The maximum absolute atomic E-state index is 3.64. The van der Waals surface area contributed by atoms with Gasteiger partial charge >= 0.3 is 0 Å². The van der Waals surface area contributed by atoms with Crippen LogP contribution in [-0.4, -0.2) is 11.6 Å². The normalized spacial score (nSPS) is 19.6. The average molecular weight is 254 g/mol. The Morgan fingerprint density at radius 1 is 1.21 bits per heavy atom. The van der Waals surface area contributed by atoms with Gasteiger partial charge in [0.05, 0.1) is 11.2 Å². The lowest BCUT2D eigenvalue weighted by atomic mass is 9.90. The summed E-state index contributed by atoms with van der Waals surface area (Å²) in [5, 5.41) is 3.64. The van der Waals surface area contributed by atoms with Gasteiger partial charge in [0.1, 0.15) is 0 Å². The Kier molecular flexibility index (Phi) is 2.53. The zero-order valence-corrected chi connectivity index (χ0v) is 12.4. The molecule has 0 radical (unpaired) electrons. The van der Waals surface area contributed by atoms with E-state index in [1.165, 1.54) is 28.1 Å². The Bertz CT molecular complexity index is 591. The van der Waals surface area contributed by atoms with Crippen LogP contribution in [0.15, 0.2) is 36.0 Å². The van der Waals surface area contributed by atoms with E-state index in [1.54, 1.807) is 0 Å². The van der Waals surface area contributed by atoms with Gasteiger partial charge in [0.15, 0.2) is 0 Å². The second-order valence-corrected chi connectivity index (χ2v) is 6.38. The van der Waals surface area contributed by atoms with Gasteiger partial charge < -0.3 is 10.2 Å². The van der Waals surface area contributed by atoms with Crippen LogP contribution in [0.1, 0.15) is 40.2 Å². The summed E-state index contributed by atoms with van der Waals surface area (Å²) in [6, 6.07) is 7.01. The molecule has 19 heavy (non-hydrogen) atoms. The summed E-state index contributed by atoms with van der Waals surface area (Å²) in [6.45, 7) is 11.2. The summed E-state index contributed by atoms with van der Waals surface area (Å²) < 4.78 is 0. The first-order valence-electron chi connectivity index (χ1n) is 7.00. The van der Waals surface area contributed by atoms with Crippen molar-refractivity contribution in [3.8, 4) is 0 Å². The fourth-order valence-corrected chi connectivity index (χ4v) is 3.09. The number of anilines is 2. The zero-order valence-electron chi connectivity index (χ0n) is 12.4. The lowest BCUT2D eigenvalue weighted by Gasteiger charge is -2.27. The largest absolute Gasteiger partial charge is 0.376 e. The number of rotatable bonds is 1. The number of hydrogen-bond donors (Lipinski definition) is 1. The molecule has 0 amide bonds. The van der Waals surface area contributed by atoms with E-state index < -0.39 is 0 Å². The van der Waals surface area contributed by atoms with Gasteiger partial charge in [-0.2, -0.15) is 0 Å². The molecule has 2 heteroatoms. The van der Waals surface area contributed by atoms with Crippen molar-refractivity contribution in [3.63, 3.8) is 0 Å². The van der Waals surface area contributed by atoms with Crippen LogP contribution in [0.4, 0.5) is 11.4 Å². The number of benzene rings is 1. The topological polar surface area (TPSA) is 15.3 Å². The molecule has 0 bridgehead atoms. The standard InChI is InChI=1S/C17H22N2/c1-11(2)19-10-12(3)9-13-16-14(18-17(13,4)5)7-6-8-15(16)19/h6-11,18H,1-5H3. The van der Waals surface area contributed by atoms with Crippen molar-refractivity contribution in [1.82, 2.24) is 0 Å². The first-order valence-corrected chi connectivity index (χ1v) is 7.00. The highest BCUT2D eigenvalue weighted by Crippen LogP contribution is 2.48. The predicted octanol–water partition coefficient (Wildman–Crippen LogP) is 4.41. The quantitative estimate of drug-likeness (QED) is 0.798. The lowest BCUT2D eigenvalue weighted by Crippen LogP contribution is -2.26. The monoisotopic (exact) mass is 254 g/mol. The number of nitrogens with one attached hydrogen (secondary N) is 1. The maximum Gasteiger partial charge on any atom is 0.0576 e.